The van der Waals surface area contributed by atoms with Gasteiger partial charge in [0.05, 0.1) is 5.56 Å². The number of hydrogen-bond acceptors (Lipinski definition) is 5. The molecule has 0 unspecified atom stereocenters. The van der Waals surface area contributed by atoms with E-state index in [1.807, 2.05) is 6.07 Å². The van der Waals surface area contributed by atoms with Crippen LogP contribution in [0.4, 0.5) is 13.2 Å². The zero-order valence-electron chi connectivity index (χ0n) is 12.0. The lowest BCUT2D eigenvalue weighted by atomic mass is 10.1. The lowest BCUT2D eigenvalue weighted by molar-refractivity contribution is -0.302. The van der Waals surface area contributed by atoms with Gasteiger partial charge in [-0.25, -0.2) is 0 Å². The summed E-state index contributed by atoms with van der Waals surface area (Å²) >= 11 is 0. The van der Waals surface area contributed by atoms with Crippen LogP contribution in [0.1, 0.15) is 18.9 Å². The number of carbonyl (C=O) groups excluding carboxylic acids is 1. The summed E-state index contributed by atoms with van der Waals surface area (Å²) in [6.07, 6.45) is -5.88. The Balaban J connectivity index is 2.15. The number of amides is 1. The first kappa shape index (κ1) is 16.8. The Bertz CT molecular complexity index is 696. The zero-order chi connectivity index (χ0) is 17.3. The molecule has 1 aromatic carbocycles. The smallest absolute Gasteiger partial charge is 0.438 e. The van der Waals surface area contributed by atoms with E-state index in [4.69, 9.17) is 10.00 Å². The van der Waals surface area contributed by atoms with Crippen LogP contribution in [0.3, 0.4) is 0 Å². The maximum absolute atomic E-state index is 13.0. The van der Waals surface area contributed by atoms with Gasteiger partial charge in [0.1, 0.15) is 11.8 Å². The standard InChI is InChI=1S/C14H12F3N3O3/c1-9-6-13(22,14(15,16)17)20(19-9)12(21)8-23-11-5-3-2-4-10(11)7-18/h2-5,22H,6,8H2,1H3/t13-/m1/s1. The van der Waals surface area contributed by atoms with Crippen molar-refractivity contribution in [3.63, 3.8) is 0 Å². The lowest BCUT2D eigenvalue weighted by Crippen LogP contribution is -2.57. The van der Waals surface area contributed by atoms with Gasteiger partial charge in [0.25, 0.3) is 11.6 Å². The van der Waals surface area contributed by atoms with E-state index in [1.165, 1.54) is 19.1 Å². The predicted molar refractivity (Wildman–Crippen MR) is 72.2 cm³/mol. The number of nitriles is 1. The van der Waals surface area contributed by atoms with Crippen molar-refractivity contribution in [2.45, 2.75) is 25.2 Å². The zero-order valence-corrected chi connectivity index (χ0v) is 12.0. The van der Waals surface area contributed by atoms with Crippen LogP contribution in [0.25, 0.3) is 0 Å². The van der Waals surface area contributed by atoms with Crippen molar-refractivity contribution in [1.82, 2.24) is 5.01 Å². The average molecular weight is 327 g/mol. The Hall–Kier alpha value is -2.60. The third-order valence-corrected chi connectivity index (χ3v) is 3.17. The Labute approximate surface area is 129 Å². The topological polar surface area (TPSA) is 85.9 Å². The third-order valence-electron chi connectivity index (χ3n) is 3.17. The molecule has 23 heavy (non-hydrogen) atoms. The Morgan fingerprint density at radius 3 is 2.78 bits per heavy atom. The van der Waals surface area contributed by atoms with E-state index in [9.17, 15) is 23.1 Å². The fraction of sp³-hybridized carbons (Fsp3) is 0.357. The summed E-state index contributed by atoms with van der Waals surface area (Å²) < 4.78 is 44.1. The van der Waals surface area contributed by atoms with Gasteiger partial charge < -0.3 is 9.84 Å². The highest BCUT2D eigenvalue weighted by molar-refractivity contribution is 5.89. The molecule has 1 aliphatic rings. The van der Waals surface area contributed by atoms with Crippen LogP contribution < -0.4 is 4.74 Å². The molecule has 0 radical (unpaired) electrons. The van der Waals surface area contributed by atoms with E-state index in [0.29, 0.717) is 0 Å². The fourth-order valence-corrected chi connectivity index (χ4v) is 2.09. The highest BCUT2D eigenvalue weighted by Gasteiger charge is 2.62. The molecule has 0 saturated heterocycles. The van der Waals surface area contributed by atoms with Crippen molar-refractivity contribution >= 4 is 11.6 Å². The van der Waals surface area contributed by atoms with Gasteiger partial charge >= 0.3 is 6.18 Å². The number of aliphatic hydroxyl groups is 1. The normalized spacial score (nSPS) is 20.9. The van der Waals surface area contributed by atoms with Crippen molar-refractivity contribution in [3.8, 4) is 11.8 Å². The molecule has 122 valence electrons. The minimum atomic E-state index is -5.06. The van der Waals surface area contributed by atoms with Gasteiger partial charge in [-0.05, 0) is 19.1 Å². The van der Waals surface area contributed by atoms with Crippen LogP contribution in [0.5, 0.6) is 5.75 Å². The van der Waals surface area contributed by atoms with E-state index < -0.39 is 30.8 Å². The van der Waals surface area contributed by atoms with Gasteiger partial charge in [0.15, 0.2) is 6.61 Å². The average Bonchev–Trinajstić information content (AvgIpc) is 2.81. The number of alkyl halides is 3. The molecule has 0 aliphatic carbocycles. The number of benzene rings is 1. The minimum Gasteiger partial charge on any atom is -0.482 e. The molecular weight excluding hydrogens is 315 g/mol. The number of hydrogen-bond donors (Lipinski definition) is 1. The number of hydrazone groups is 1. The number of nitrogens with zero attached hydrogens (tertiary/aromatic N) is 3. The van der Waals surface area contributed by atoms with Crippen molar-refractivity contribution in [2.75, 3.05) is 6.61 Å². The number of halogens is 3. The molecule has 0 saturated carbocycles. The molecule has 0 bridgehead atoms. The van der Waals surface area contributed by atoms with Crippen LogP contribution in [0.2, 0.25) is 0 Å². The molecule has 1 heterocycles. The van der Waals surface area contributed by atoms with Crippen molar-refractivity contribution in [2.24, 2.45) is 5.10 Å². The monoisotopic (exact) mass is 327 g/mol. The van der Waals surface area contributed by atoms with Crippen molar-refractivity contribution in [1.29, 1.82) is 5.26 Å². The lowest BCUT2D eigenvalue weighted by Gasteiger charge is -2.32. The van der Waals surface area contributed by atoms with Crippen molar-refractivity contribution in [3.05, 3.63) is 29.8 Å². The molecule has 1 amide bonds. The summed E-state index contributed by atoms with van der Waals surface area (Å²) in [5.41, 5.74) is -3.28. The van der Waals surface area contributed by atoms with Crippen LogP contribution in [0, 0.1) is 11.3 Å². The largest absolute Gasteiger partial charge is 0.482 e. The number of para-hydroxylation sites is 1. The molecule has 1 aromatic rings. The summed E-state index contributed by atoms with van der Waals surface area (Å²) in [4.78, 5) is 12.0. The molecular formula is C14H12F3N3O3. The summed E-state index contributed by atoms with van der Waals surface area (Å²) in [6, 6.07) is 7.79. The van der Waals surface area contributed by atoms with Gasteiger partial charge in [-0.2, -0.15) is 28.5 Å². The predicted octanol–water partition coefficient (Wildman–Crippen LogP) is 1.80. The maximum Gasteiger partial charge on any atom is 0.438 e. The second kappa shape index (κ2) is 5.89. The molecule has 1 aliphatic heterocycles. The first-order valence-electron chi connectivity index (χ1n) is 6.47. The molecule has 0 fully saturated rings. The quantitative estimate of drug-likeness (QED) is 0.917. The number of rotatable bonds is 3. The molecule has 1 N–H and O–H groups in total. The molecule has 1 atom stereocenters. The van der Waals surface area contributed by atoms with Gasteiger partial charge in [0, 0.05) is 12.1 Å². The highest BCUT2D eigenvalue weighted by atomic mass is 19.4. The van der Waals surface area contributed by atoms with Gasteiger partial charge in [-0.15, -0.1) is 0 Å². The number of carbonyl (C=O) groups is 1. The molecule has 2 rings (SSSR count). The first-order valence-corrected chi connectivity index (χ1v) is 6.47. The summed E-state index contributed by atoms with van der Waals surface area (Å²) in [7, 11) is 0. The third kappa shape index (κ3) is 3.12. The van der Waals surface area contributed by atoms with Gasteiger partial charge in [-0.3, -0.25) is 4.79 Å². The van der Waals surface area contributed by atoms with E-state index >= 15 is 0 Å². The highest BCUT2D eigenvalue weighted by Crippen LogP contribution is 2.40. The molecule has 0 spiro atoms. The maximum atomic E-state index is 13.0. The summed E-state index contributed by atoms with van der Waals surface area (Å²) in [5, 5.41) is 22.1. The Morgan fingerprint density at radius 1 is 1.52 bits per heavy atom. The fourth-order valence-electron chi connectivity index (χ4n) is 2.09. The number of ether oxygens (including phenoxy) is 1. The van der Waals surface area contributed by atoms with E-state index in [0.717, 1.165) is 0 Å². The SMILES string of the molecule is CC1=NN(C(=O)COc2ccccc2C#N)[C@](O)(C(F)(F)F)C1. The van der Waals surface area contributed by atoms with Crippen molar-refractivity contribution < 1.29 is 27.8 Å². The second-order valence-electron chi connectivity index (χ2n) is 4.93. The van der Waals surface area contributed by atoms with Gasteiger partial charge in [0.2, 0.25) is 0 Å². The summed E-state index contributed by atoms with van der Waals surface area (Å²) in [6.45, 7) is 0.476. The van der Waals surface area contributed by atoms with Crippen LogP contribution in [0.15, 0.2) is 29.4 Å². The van der Waals surface area contributed by atoms with E-state index in [1.54, 1.807) is 12.1 Å². The Morgan fingerprint density at radius 2 is 2.17 bits per heavy atom. The second-order valence-corrected chi connectivity index (χ2v) is 4.93. The van der Waals surface area contributed by atoms with Crippen LogP contribution in [-0.2, 0) is 4.79 Å². The van der Waals surface area contributed by atoms with Crippen LogP contribution >= 0.6 is 0 Å². The van der Waals surface area contributed by atoms with Crippen LogP contribution in [-0.4, -0.2) is 40.2 Å². The van der Waals surface area contributed by atoms with E-state index in [2.05, 4.69) is 5.10 Å². The first-order chi connectivity index (χ1) is 10.7. The minimum absolute atomic E-state index is 0.0165. The molecule has 9 heteroatoms. The molecule has 6 nitrogen and oxygen atoms in total. The summed E-state index contributed by atoms with van der Waals surface area (Å²) in [5.74, 6) is -1.12. The van der Waals surface area contributed by atoms with Gasteiger partial charge in [-0.1, -0.05) is 12.1 Å². The van der Waals surface area contributed by atoms with E-state index in [-0.39, 0.29) is 22.0 Å². The Kier molecular flexibility index (Phi) is 4.29. The molecule has 0 aromatic heterocycles.